The second-order valence-corrected chi connectivity index (χ2v) is 8.87. The molecule has 0 fully saturated rings. The van der Waals surface area contributed by atoms with Crippen molar-refractivity contribution in [1.82, 2.24) is 0 Å². The molecule has 7 heteroatoms. The van der Waals surface area contributed by atoms with Crippen molar-refractivity contribution in [2.45, 2.75) is 23.5 Å². The Morgan fingerprint density at radius 2 is 1.67 bits per heavy atom. The monoisotopic (exact) mass is 458 g/mol. The second-order valence-electron chi connectivity index (χ2n) is 6.61. The van der Waals surface area contributed by atoms with Gasteiger partial charge >= 0.3 is 0 Å². The Morgan fingerprint density at radius 3 is 2.40 bits per heavy atom. The third-order valence-electron chi connectivity index (χ3n) is 4.21. The molecule has 1 unspecified atom stereocenters. The Morgan fingerprint density at radius 1 is 0.933 bits per heavy atom. The van der Waals surface area contributed by atoms with Crippen LogP contribution in [-0.2, 0) is 16.0 Å². The highest BCUT2D eigenvalue weighted by molar-refractivity contribution is 8.00. The van der Waals surface area contributed by atoms with Gasteiger partial charge in [0.15, 0.2) is 0 Å². The van der Waals surface area contributed by atoms with E-state index in [-0.39, 0.29) is 23.5 Å². The molecule has 0 aromatic heterocycles. The Kier molecular flexibility index (Phi) is 7.80. The molecule has 0 aliphatic rings. The fraction of sp³-hybridized carbons (Fsp3) is 0.130. The van der Waals surface area contributed by atoms with Gasteiger partial charge < -0.3 is 10.6 Å². The smallest absolute Gasteiger partial charge is 0.237 e. The molecule has 154 valence electrons. The van der Waals surface area contributed by atoms with Gasteiger partial charge in [0.1, 0.15) is 0 Å². The molecule has 2 amide bonds. The zero-order valence-corrected chi connectivity index (χ0v) is 18.5. The number of halogens is 2. The lowest BCUT2D eigenvalue weighted by molar-refractivity contribution is -0.116. The number of benzene rings is 3. The molecule has 0 spiro atoms. The molecule has 0 bridgehead atoms. The van der Waals surface area contributed by atoms with Crippen molar-refractivity contribution in [3.63, 3.8) is 0 Å². The maximum absolute atomic E-state index is 12.5. The molecule has 0 radical (unpaired) electrons. The largest absolute Gasteiger partial charge is 0.326 e. The second kappa shape index (κ2) is 10.5. The molecule has 30 heavy (non-hydrogen) atoms. The zero-order valence-electron chi connectivity index (χ0n) is 16.2. The molecule has 0 heterocycles. The summed E-state index contributed by atoms with van der Waals surface area (Å²) < 4.78 is 0. The van der Waals surface area contributed by atoms with Crippen LogP contribution < -0.4 is 10.6 Å². The van der Waals surface area contributed by atoms with Crippen LogP contribution in [-0.4, -0.2) is 17.1 Å². The van der Waals surface area contributed by atoms with E-state index in [9.17, 15) is 9.59 Å². The first-order valence-electron chi connectivity index (χ1n) is 9.27. The summed E-state index contributed by atoms with van der Waals surface area (Å²) in [6, 6.07) is 21.7. The van der Waals surface area contributed by atoms with Gasteiger partial charge in [-0.1, -0.05) is 53.5 Å². The number of hydrogen-bond donors (Lipinski definition) is 2. The first kappa shape index (κ1) is 22.2. The van der Waals surface area contributed by atoms with E-state index in [4.69, 9.17) is 23.2 Å². The molecule has 3 aromatic carbocycles. The molecule has 0 aliphatic carbocycles. The number of anilines is 2. The van der Waals surface area contributed by atoms with Crippen molar-refractivity contribution in [2.24, 2.45) is 0 Å². The number of carbonyl (C=O) groups is 2. The summed E-state index contributed by atoms with van der Waals surface area (Å²) in [5.74, 6) is -0.269. The van der Waals surface area contributed by atoms with Crippen molar-refractivity contribution < 1.29 is 9.59 Å². The highest BCUT2D eigenvalue weighted by atomic mass is 35.5. The van der Waals surface area contributed by atoms with Crippen molar-refractivity contribution in [1.29, 1.82) is 0 Å². The zero-order chi connectivity index (χ0) is 21.5. The highest BCUT2D eigenvalue weighted by Gasteiger charge is 2.16. The van der Waals surface area contributed by atoms with Gasteiger partial charge in [-0.2, -0.15) is 0 Å². The number of carbonyl (C=O) groups excluding carboxylic acids is 2. The predicted molar refractivity (Wildman–Crippen MR) is 126 cm³/mol. The van der Waals surface area contributed by atoms with Crippen LogP contribution in [0.1, 0.15) is 12.5 Å². The molecule has 3 rings (SSSR count). The van der Waals surface area contributed by atoms with Crippen LogP contribution in [0, 0.1) is 0 Å². The Hall–Kier alpha value is -2.47. The Labute approximate surface area is 190 Å². The van der Waals surface area contributed by atoms with Crippen LogP contribution in [0.5, 0.6) is 0 Å². The molecule has 0 saturated heterocycles. The van der Waals surface area contributed by atoms with E-state index in [1.54, 1.807) is 24.3 Å². The first-order chi connectivity index (χ1) is 14.4. The van der Waals surface area contributed by atoms with Crippen LogP contribution in [0.25, 0.3) is 0 Å². The van der Waals surface area contributed by atoms with E-state index in [1.165, 1.54) is 11.8 Å². The number of hydrogen-bond acceptors (Lipinski definition) is 3. The third-order valence-corrected chi connectivity index (χ3v) is 5.88. The van der Waals surface area contributed by atoms with E-state index in [2.05, 4.69) is 10.6 Å². The minimum absolute atomic E-state index is 0.121. The van der Waals surface area contributed by atoms with Gasteiger partial charge in [0.05, 0.1) is 22.4 Å². The summed E-state index contributed by atoms with van der Waals surface area (Å²) >= 11 is 13.4. The van der Waals surface area contributed by atoms with E-state index in [0.717, 1.165) is 10.5 Å². The lowest BCUT2D eigenvalue weighted by Crippen LogP contribution is -2.22. The molecule has 0 aliphatic heterocycles. The average molecular weight is 459 g/mol. The molecular formula is C23H20Cl2N2O2S. The fourth-order valence-corrected chi connectivity index (χ4v) is 3.93. The van der Waals surface area contributed by atoms with Gasteiger partial charge in [0.2, 0.25) is 11.8 Å². The summed E-state index contributed by atoms with van der Waals surface area (Å²) in [6.07, 6.45) is 0.255. The van der Waals surface area contributed by atoms with Crippen LogP contribution in [0.3, 0.4) is 0 Å². The lowest BCUT2D eigenvalue weighted by atomic mass is 10.1. The first-order valence-corrected chi connectivity index (χ1v) is 10.9. The van der Waals surface area contributed by atoms with E-state index >= 15 is 0 Å². The van der Waals surface area contributed by atoms with Gasteiger partial charge in [-0.25, -0.2) is 0 Å². The Bertz CT molecular complexity index is 1040. The normalized spacial score (nSPS) is 11.6. The van der Waals surface area contributed by atoms with Crippen molar-refractivity contribution in [3.05, 3.63) is 88.4 Å². The third kappa shape index (κ3) is 6.52. The van der Waals surface area contributed by atoms with E-state index < -0.39 is 0 Å². The topological polar surface area (TPSA) is 58.2 Å². The van der Waals surface area contributed by atoms with E-state index in [0.29, 0.717) is 21.4 Å². The molecule has 1 atom stereocenters. The fourth-order valence-electron chi connectivity index (χ4n) is 2.69. The van der Waals surface area contributed by atoms with Crippen LogP contribution in [0.15, 0.2) is 77.7 Å². The maximum Gasteiger partial charge on any atom is 0.237 e. The van der Waals surface area contributed by atoms with Crippen LogP contribution in [0.2, 0.25) is 10.0 Å². The molecule has 4 nitrogen and oxygen atoms in total. The molecule has 0 saturated carbocycles. The summed E-state index contributed by atoms with van der Waals surface area (Å²) in [6.45, 7) is 1.82. The summed E-state index contributed by atoms with van der Waals surface area (Å²) in [7, 11) is 0. The van der Waals surface area contributed by atoms with Gasteiger partial charge in [0, 0.05) is 15.6 Å². The summed E-state index contributed by atoms with van der Waals surface area (Å²) in [5.41, 5.74) is 2.14. The summed E-state index contributed by atoms with van der Waals surface area (Å²) in [4.78, 5) is 25.7. The molecular weight excluding hydrogens is 439 g/mol. The number of para-hydroxylation sites is 1. The van der Waals surface area contributed by atoms with Crippen molar-refractivity contribution >= 4 is 58.2 Å². The lowest BCUT2D eigenvalue weighted by Gasteiger charge is -2.14. The van der Waals surface area contributed by atoms with Gasteiger partial charge in [0.25, 0.3) is 0 Å². The highest BCUT2D eigenvalue weighted by Crippen LogP contribution is 2.28. The van der Waals surface area contributed by atoms with Crippen LogP contribution >= 0.6 is 35.0 Å². The number of nitrogens with one attached hydrogen (secondary N) is 2. The average Bonchev–Trinajstić information content (AvgIpc) is 2.71. The predicted octanol–water partition coefficient (Wildman–Crippen LogP) is 6.29. The Balaban J connectivity index is 1.57. The molecule has 3 aromatic rings. The van der Waals surface area contributed by atoms with Crippen molar-refractivity contribution in [3.8, 4) is 0 Å². The van der Waals surface area contributed by atoms with Gasteiger partial charge in [-0.3, -0.25) is 9.59 Å². The van der Waals surface area contributed by atoms with Crippen LogP contribution in [0.4, 0.5) is 11.4 Å². The van der Waals surface area contributed by atoms with Crippen molar-refractivity contribution in [2.75, 3.05) is 10.6 Å². The standard InChI is InChI=1S/C23H20Cl2N2O2S/c1-15(23(29)27-21-8-3-2-7-20(21)25)30-19-6-4-5-18(14-19)26-22(28)13-16-9-11-17(24)12-10-16/h2-12,14-15H,13H2,1H3,(H,26,28)(H,27,29). The molecule has 2 N–H and O–H groups in total. The number of thioether (sulfide) groups is 1. The maximum atomic E-state index is 12.5. The minimum atomic E-state index is -0.346. The number of rotatable bonds is 7. The SMILES string of the molecule is CC(Sc1cccc(NC(=O)Cc2ccc(Cl)cc2)c1)C(=O)Nc1ccccc1Cl. The van der Waals surface area contributed by atoms with Gasteiger partial charge in [-0.15, -0.1) is 11.8 Å². The minimum Gasteiger partial charge on any atom is -0.326 e. The summed E-state index contributed by atoms with van der Waals surface area (Å²) in [5, 5.41) is 6.51. The van der Waals surface area contributed by atoms with E-state index in [1.807, 2.05) is 55.5 Å². The quantitative estimate of drug-likeness (QED) is 0.408. The number of amides is 2. The van der Waals surface area contributed by atoms with Gasteiger partial charge in [-0.05, 0) is 55.0 Å².